The highest BCUT2D eigenvalue weighted by molar-refractivity contribution is 7.13. The molecule has 27 heavy (non-hydrogen) atoms. The van der Waals surface area contributed by atoms with Crippen molar-refractivity contribution in [2.75, 3.05) is 0 Å². The SMILES string of the molecule is O=C(O)c1cc(-c2cccs2)nc2ccc3nc(-c4ccccc4)oc3c12. The Morgan fingerprint density at radius 2 is 1.78 bits per heavy atom. The number of oxazole rings is 1. The summed E-state index contributed by atoms with van der Waals surface area (Å²) in [5.74, 6) is -0.567. The Balaban J connectivity index is 1.82. The molecule has 0 radical (unpaired) electrons. The quantitative estimate of drug-likeness (QED) is 0.454. The van der Waals surface area contributed by atoms with Gasteiger partial charge in [0.15, 0.2) is 5.58 Å². The van der Waals surface area contributed by atoms with Crippen molar-refractivity contribution < 1.29 is 14.3 Å². The predicted molar refractivity (Wildman–Crippen MR) is 105 cm³/mol. The number of aromatic nitrogens is 2. The van der Waals surface area contributed by atoms with E-state index in [4.69, 9.17) is 4.42 Å². The Morgan fingerprint density at radius 1 is 0.963 bits per heavy atom. The molecule has 0 atom stereocenters. The molecule has 0 saturated carbocycles. The highest BCUT2D eigenvalue weighted by Crippen LogP contribution is 2.34. The molecule has 130 valence electrons. The zero-order valence-corrected chi connectivity index (χ0v) is 14.7. The number of rotatable bonds is 3. The van der Waals surface area contributed by atoms with Gasteiger partial charge in [-0.2, -0.15) is 0 Å². The van der Waals surface area contributed by atoms with Gasteiger partial charge < -0.3 is 9.52 Å². The molecule has 0 aliphatic carbocycles. The third-order valence-corrected chi connectivity index (χ3v) is 5.24. The molecule has 0 fully saturated rings. The number of hydrogen-bond acceptors (Lipinski definition) is 5. The van der Waals surface area contributed by atoms with Gasteiger partial charge in [0.2, 0.25) is 5.89 Å². The van der Waals surface area contributed by atoms with Crippen LogP contribution in [0.1, 0.15) is 10.4 Å². The molecule has 0 spiro atoms. The fourth-order valence-corrected chi connectivity index (χ4v) is 3.82. The van der Waals surface area contributed by atoms with Gasteiger partial charge in [-0.15, -0.1) is 11.3 Å². The number of pyridine rings is 1. The molecule has 5 nitrogen and oxygen atoms in total. The summed E-state index contributed by atoms with van der Waals surface area (Å²) in [4.78, 5) is 22.1. The number of hydrogen-bond donors (Lipinski definition) is 1. The number of carboxylic acids is 1. The Kier molecular flexibility index (Phi) is 3.51. The van der Waals surface area contributed by atoms with Gasteiger partial charge in [0.1, 0.15) is 5.52 Å². The van der Waals surface area contributed by atoms with Gasteiger partial charge in [-0.05, 0) is 41.8 Å². The van der Waals surface area contributed by atoms with Crippen LogP contribution in [-0.4, -0.2) is 21.0 Å². The zero-order valence-electron chi connectivity index (χ0n) is 13.9. The number of thiophene rings is 1. The van der Waals surface area contributed by atoms with Crippen LogP contribution in [0.2, 0.25) is 0 Å². The van der Waals surface area contributed by atoms with Gasteiger partial charge in [-0.1, -0.05) is 24.3 Å². The van der Waals surface area contributed by atoms with Crippen LogP contribution in [-0.2, 0) is 0 Å². The monoisotopic (exact) mass is 372 g/mol. The fraction of sp³-hybridized carbons (Fsp3) is 0. The minimum absolute atomic E-state index is 0.157. The van der Waals surface area contributed by atoms with Crippen LogP contribution in [0.5, 0.6) is 0 Å². The molecular weight excluding hydrogens is 360 g/mol. The Hall–Kier alpha value is -3.51. The molecule has 0 amide bonds. The van der Waals surface area contributed by atoms with E-state index in [-0.39, 0.29) is 5.56 Å². The summed E-state index contributed by atoms with van der Waals surface area (Å²) in [7, 11) is 0. The van der Waals surface area contributed by atoms with E-state index in [1.165, 1.54) is 11.3 Å². The van der Waals surface area contributed by atoms with Crippen molar-refractivity contribution >= 4 is 39.3 Å². The second kappa shape index (κ2) is 6.03. The van der Waals surface area contributed by atoms with Crippen LogP contribution < -0.4 is 0 Å². The Labute approximate surface area is 157 Å². The van der Waals surface area contributed by atoms with E-state index in [9.17, 15) is 9.90 Å². The van der Waals surface area contributed by atoms with E-state index in [2.05, 4.69) is 9.97 Å². The summed E-state index contributed by atoms with van der Waals surface area (Å²) in [5, 5.41) is 12.2. The highest BCUT2D eigenvalue weighted by Gasteiger charge is 2.19. The predicted octanol–water partition coefficient (Wildman–Crippen LogP) is 5.47. The minimum Gasteiger partial charge on any atom is -0.478 e. The lowest BCUT2D eigenvalue weighted by Gasteiger charge is -2.06. The van der Waals surface area contributed by atoms with E-state index in [0.29, 0.717) is 33.6 Å². The largest absolute Gasteiger partial charge is 0.478 e. The van der Waals surface area contributed by atoms with Gasteiger partial charge in [-0.3, -0.25) is 0 Å². The van der Waals surface area contributed by atoms with Gasteiger partial charge in [0.25, 0.3) is 0 Å². The topological polar surface area (TPSA) is 76.2 Å². The van der Waals surface area contributed by atoms with Crippen molar-refractivity contribution in [3.63, 3.8) is 0 Å². The molecule has 5 rings (SSSR count). The van der Waals surface area contributed by atoms with Gasteiger partial charge in [0, 0.05) is 5.56 Å². The number of benzene rings is 2. The van der Waals surface area contributed by atoms with Crippen molar-refractivity contribution in [2.45, 2.75) is 0 Å². The maximum absolute atomic E-state index is 12.0. The van der Waals surface area contributed by atoms with Crippen molar-refractivity contribution in [1.82, 2.24) is 9.97 Å². The normalized spacial score (nSPS) is 11.3. The summed E-state index contributed by atoms with van der Waals surface area (Å²) < 4.78 is 5.98. The third kappa shape index (κ3) is 2.58. The number of nitrogens with zero attached hydrogens (tertiary/aromatic N) is 2. The summed E-state index contributed by atoms with van der Waals surface area (Å²) >= 11 is 1.52. The maximum atomic E-state index is 12.0. The first-order chi connectivity index (χ1) is 13.2. The summed E-state index contributed by atoms with van der Waals surface area (Å²) in [6.07, 6.45) is 0. The molecule has 3 heterocycles. The lowest BCUT2D eigenvalue weighted by molar-refractivity contribution is 0.0699. The zero-order chi connectivity index (χ0) is 18.4. The summed E-state index contributed by atoms with van der Waals surface area (Å²) in [6.45, 7) is 0. The van der Waals surface area contributed by atoms with Gasteiger partial charge in [0.05, 0.1) is 27.0 Å². The average Bonchev–Trinajstić information content (AvgIpc) is 3.37. The standard InChI is InChI=1S/C21H12N2O3S/c24-21(25)13-11-16(17-7-4-10-27-17)22-14-8-9-15-19(18(13)14)26-20(23-15)12-5-2-1-3-6-12/h1-11H,(H,24,25). The third-order valence-electron chi connectivity index (χ3n) is 4.35. The van der Waals surface area contributed by atoms with E-state index in [1.54, 1.807) is 12.1 Å². The van der Waals surface area contributed by atoms with Gasteiger partial charge in [-0.25, -0.2) is 14.8 Å². The second-order valence-corrected chi connectivity index (χ2v) is 6.98. The molecule has 5 aromatic rings. The highest BCUT2D eigenvalue weighted by atomic mass is 32.1. The number of aromatic carboxylic acids is 1. The number of fused-ring (bicyclic) bond motifs is 3. The fourth-order valence-electron chi connectivity index (χ4n) is 3.13. The van der Waals surface area contributed by atoms with Crippen LogP contribution in [0, 0.1) is 0 Å². The maximum Gasteiger partial charge on any atom is 0.336 e. The van der Waals surface area contributed by atoms with E-state index < -0.39 is 5.97 Å². The molecule has 0 saturated heterocycles. The van der Waals surface area contributed by atoms with Crippen LogP contribution in [0.25, 0.3) is 44.0 Å². The summed E-state index contributed by atoms with van der Waals surface area (Å²) in [5.41, 5.74) is 3.24. The molecular formula is C21H12N2O3S. The summed E-state index contributed by atoms with van der Waals surface area (Å²) in [6, 6.07) is 18.6. The lowest BCUT2D eigenvalue weighted by Crippen LogP contribution is -2.00. The van der Waals surface area contributed by atoms with Crippen LogP contribution in [0.4, 0.5) is 0 Å². The minimum atomic E-state index is -1.02. The van der Waals surface area contributed by atoms with Gasteiger partial charge >= 0.3 is 5.97 Å². The Morgan fingerprint density at radius 3 is 2.52 bits per heavy atom. The molecule has 3 aromatic heterocycles. The molecule has 2 aromatic carbocycles. The van der Waals surface area contributed by atoms with E-state index >= 15 is 0 Å². The second-order valence-electron chi connectivity index (χ2n) is 6.03. The smallest absolute Gasteiger partial charge is 0.336 e. The molecule has 0 bridgehead atoms. The van der Waals surface area contributed by atoms with Crippen molar-refractivity contribution in [1.29, 1.82) is 0 Å². The van der Waals surface area contributed by atoms with Crippen LogP contribution in [0.3, 0.4) is 0 Å². The molecule has 0 unspecified atom stereocenters. The lowest BCUT2D eigenvalue weighted by atomic mass is 10.1. The molecule has 0 aliphatic heterocycles. The van der Waals surface area contributed by atoms with Crippen LogP contribution in [0.15, 0.2) is 70.5 Å². The first-order valence-electron chi connectivity index (χ1n) is 8.27. The molecule has 6 heteroatoms. The number of carboxylic acid groups (broad SMARTS) is 1. The Bertz CT molecular complexity index is 1290. The molecule has 1 N–H and O–H groups in total. The van der Waals surface area contributed by atoms with Crippen molar-refractivity contribution in [2.24, 2.45) is 0 Å². The number of carbonyl (C=O) groups is 1. The van der Waals surface area contributed by atoms with Crippen LogP contribution >= 0.6 is 11.3 Å². The first kappa shape index (κ1) is 15.7. The van der Waals surface area contributed by atoms with E-state index in [1.807, 2.05) is 53.9 Å². The van der Waals surface area contributed by atoms with Crippen molar-refractivity contribution in [3.8, 4) is 22.0 Å². The van der Waals surface area contributed by atoms with E-state index in [0.717, 1.165) is 10.4 Å². The molecule has 0 aliphatic rings. The first-order valence-corrected chi connectivity index (χ1v) is 9.15. The van der Waals surface area contributed by atoms with Crippen molar-refractivity contribution in [3.05, 3.63) is 71.6 Å². The average molecular weight is 372 g/mol.